The molecule has 3 aromatic rings. The zero-order valence-electron chi connectivity index (χ0n) is 13.6. The van der Waals surface area contributed by atoms with Crippen LogP contribution in [-0.2, 0) is 6.42 Å². The highest BCUT2D eigenvalue weighted by Crippen LogP contribution is 2.20. The number of benzene rings is 1. The molecule has 0 spiro atoms. The van der Waals surface area contributed by atoms with Gasteiger partial charge in [-0.2, -0.15) is 0 Å². The third-order valence-corrected chi connectivity index (χ3v) is 4.11. The lowest BCUT2D eigenvalue weighted by Gasteiger charge is -2.14. The molecule has 2 aromatic heterocycles. The summed E-state index contributed by atoms with van der Waals surface area (Å²) in [6.45, 7) is 0.249. The first kappa shape index (κ1) is 17.7. The first-order valence-corrected chi connectivity index (χ1v) is 8.24. The number of fused-ring (bicyclic) bond motifs is 1. The van der Waals surface area contributed by atoms with Gasteiger partial charge in [-0.1, -0.05) is 17.7 Å². The molecule has 0 bridgehead atoms. The number of carbonyl (C=O) groups is 1. The van der Waals surface area contributed by atoms with Gasteiger partial charge in [0.15, 0.2) is 0 Å². The van der Waals surface area contributed by atoms with Crippen molar-refractivity contribution in [3.8, 4) is 5.69 Å². The molecule has 3 rings (SSSR count). The highest BCUT2D eigenvalue weighted by atomic mass is 35.5. The zero-order chi connectivity index (χ0) is 18.7. The van der Waals surface area contributed by atoms with Gasteiger partial charge in [0.2, 0.25) is 0 Å². The Hall–Kier alpha value is -3.13. The number of anilines is 1. The zero-order valence-corrected chi connectivity index (χ0v) is 14.4. The van der Waals surface area contributed by atoms with Crippen LogP contribution in [0.2, 0.25) is 5.02 Å². The standard InChI is InChI=1S/C17H16ClN5O3/c18-11-3-1-4-12-15(11)16(24)23(10-6-7-13(19)21-9-10)14(22-12)5-2-8-20-17(25)26/h1,3-4,6-7,9,20H,2,5,8H2,(H2,19,21)(H,25,26). The number of nitrogen functional groups attached to an aromatic ring is 1. The van der Waals surface area contributed by atoms with E-state index >= 15 is 0 Å². The summed E-state index contributed by atoms with van der Waals surface area (Å²) in [6.07, 6.45) is 1.26. The maximum atomic E-state index is 13.1. The summed E-state index contributed by atoms with van der Waals surface area (Å²) >= 11 is 6.20. The SMILES string of the molecule is Nc1ccc(-n2c(CCCNC(=O)O)nc3cccc(Cl)c3c2=O)cn1. The van der Waals surface area contributed by atoms with E-state index < -0.39 is 6.09 Å². The summed E-state index contributed by atoms with van der Waals surface area (Å²) in [5.41, 5.74) is 6.31. The van der Waals surface area contributed by atoms with Crippen LogP contribution >= 0.6 is 11.6 Å². The van der Waals surface area contributed by atoms with Crippen molar-refractivity contribution < 1.29 is 9.90 Å². The van der Waals surface area contributed by atoms with Crippen LogP contribution in [0, 0.1) is 0 Å². The number of halogens is 1. The summed E-state index contributed by atoms with van der Waals surface area (Å²) in [7, 11) is 0. The van der Waals surface area contributed by atoms with E-state index in [9.17, 15) is 9.59 Å². The maximum Gasteiger partial charge on any atom is 0.404 e. The molecule has 4 N–H and O–H groups in total. The van der Waals surface area contributed by atoms with Crippen molar-refractivity contribution in [1.29, 1.82) is 0 Å². The molecule has 0 radical (unpaired) electrons. The number of aryl methyl sites for hydroxylation is 1. The number of nitrogens with one attached hydrogen (secondary N) is 1. The van der Waals surface area contributed by atoms with Gasteiger partial charge in [0.1, 0.15) is 11.6 Å². The van der Waals surface area contributed by atoms with Crippen molar-refractivity contribution in [1.82, 2.24) is 19.9 Å². The second-order valence-electron chi connectivity index (χ2n) is 5.58. The molecule has 8 nitrogen and oxygen atoms in total. The quantitative estimate of drug-likeness (QED) is 0.589. The van der Waals surface area contributed by atoms with Gasteiger partial charge in [-0.3, -0.25) is 9.36 Å². The number of aromatic nitrogens is 3. The Morgan fingerprint density at radius 2 is 2.12 bits per heavy atom. The van der Waals surface area contributed by atoms with E-state index in [2.05, 4.69) is 15.3 Å². The highest BCUT2D eigenvalue weighted by molar-refractivity contribution is 6.35. The third-order valence-electron chi connectivity index (χ3n) is 3.80. The molecular weight excluding hydrogens is 358 g/mol. The van der Waals surface area contributed by atoms with E-state index in [-0.39, 0.29) is 12.1 Å². The molecule has 0 saturated carbocycles. The minimum Gasteiger partial charge on any atom is -0.465 e. The van der Waals surface area contributed by atoms with Crippen molar-refractivity contribution in [3.05, 3.63) is 57.7 Å². The number of hydrogen-bond donors (Lipinski definition) is 3. The highest BCUT2D eigenvalue weighted by Gasteiger charge is 2.15. The fourth-order valence-corrected chi connectivity index (χ4v) is 2.89. The predicted molar refractivity (Wildman–Crippen MR) is 98.9 cm³/mol. The van der Waals surface area contributed by atoms with Gasteiger partial charge in [-0.15, -0.1) is 0 Å². The number of amides is 1. The molecule has 26 heavy (non-hydrogen) atoms. The summed E-state index contributed by atoms with van der Waals surface area (Å²) < 4.78 is 1.43. The molecule has 1 aromatic carbocycles. The molecule has 0 aliphatic rings. The average molecular weight is 374 g/mol. The Morgan fingerprint density at radius 1 is 1.31 bits per heavy atom. The minimum absolute atomic E-state index is 0.249. The van der Waals surface area contributed by atoms with Crippen LogP contribution in [-0.4, -0.2) is 32.3 Å². The number of rotatable bonds is 5. The van der Waals surface area contributed by atoms with Gasteiger partial charge in [0, 0.05) is 13.0 Å². The first-order chi connectivity index (χ1) is 12.5. The van der Waals surface area contributed by atoms with Crippen molar-refractivity contribution >= 4 is 34.4 Å². The van der Waals surface area contributed by atoms with E-state index in [0.29, 0.717) is 46.1 Å². The molecule has 134 valence electrons. The molecule has 9 heteroatoms. The van der Waals surface area contributed by atoms with Crippen LogP contribution in [0.3, 0.4) is 0 Å². The lowest BCUT2D eigenvalue weighted by molar-refractivity contribution is 0.194. The number of nitrogens with two attached hydrogens (primary N) is 1. The van der Waals surface area contributed by atoms with Crippen LogP contribution in [0.25, 0.3) is 16.6 Å². The topological polar surface area (TPSA) is 123 Å². The second-order valence-corrected chi connectivity index (χ2v) is 5.99. The molecule has 0 fully saturated rings. The number of hydrogen-bond acceptors (Lipinski definition) is 5. The normalized spacial score (nSPS) is 10.8. The molecular formula is C17H16ClN5O3. The fourth-order valence-electron chi connectivity index (χ4n) is 2.64. The molecule has 0 aliphatic heterocycles. The molecule has 1 amide bonds. The van der Waals surface area contributed by atoms with Crippen LogP contribution < -0.4 is 16.6 Å². The van der Waals surface area contributed by atoms with E-state index in [1.54, 1.807) is 30.3 Å². The molecule has 0 unspecified atom stereocenters. The van der Waals surface area contributed by atoms with Crippen molar-refractivity contribution in [2.75, 3.05) is 12.3 Å². The van der Waals surface area contributed by atoms with Crippen LogP contribution in [0.4, 0.5) is 10.6 Å². The second kappa shape index (κ2) is 7.40. The Kier molecular flexibility index (Phi) is 5.04. The first-order valence-electron chi connectivity index (χ1n) is 7.86. The van der Waals surface area contributed by atoms with Crippen molar-refractivity contribution in [2.45, 2.75) is 12.8 Å². The van der Waals surface area contributed by atoms with Crippen molar-refractivity contribution in [3.63, 3.8) is 0 Å². The summed E-state index contributed by atoms with van der Waals surface area (Å²) in [4.78, 5) is 32.2. The van der Waals surface area contributed by atoms with Crippen molar-refractivity contribution in [2.24, 2.45) is 0 Å². The lowest BCUT2D eigenvalue weighted by Crippen LogP contribution is -2.26. The molecule has 0 saturated heterocycles. The van der Waals surface area contributed by atoms with Gasteiger partial charge in [-0.05, 0) is 30.7 Å². The Labute approximate surface area is 153 Å². The van der Waals surface area contributed by atoms with E-state index in [4.69, 9.17) is 22.4 Å². The smallest absolute Gasteiger partial charge is 0.404 e. The molecule has 0 atom stereocenters. The largest absolute Gasteiger partial charge is 0.465 e. The average Bonchev–Trinajstić information content (AvgIpc) is 2.60. The number of nitrogens with zero attached hydrogens (tertiary/aromatic N) is 3. The summed E-state index contributed by atoms with van der Waals surface area (Å²) in [5.74, 6) is 0.823. The minimum atomic E-state index is -1.09. The van der Waals surface area contributed by atoms with Crippen LogP contribution in [0.15, 0.2) is 41.3 Å². The van der Waals surface area contributed by atoms with Crippen LogP contribution in [0.1, 0.15) is 12.2 Å². The van der Waals surface area contributed by atoms with Gasteiger partial charge < -0.3 is 16.2 Å². The summed E-state index contributed by atoms with van der Waals surface area (Å²) in [6, 6.07) is 8.34. The Bertz CT molecular complexity index is 1020. The number of carboxylic acid groups (broad SMARTS) is 1. The third kappa shape index (κ3) is 3.60. The van der Waals surface area contributed by atoms with Gasteiger partial charge in [0.05, 0.1) is 27.8 Å². The van der Waals surface area contributed by atoms with Crippen LogP contribution in [0.5, 0.6) is 0 Å². The predicted octanol–water partition coefficient (Wildman–Crippen LogP) is 2.22. The monoisotopic (exact) mass is 373 g/mol. The van der Waals surface area contributed by atoms with E-state index in [0.717, 1.165) is 0 Å². The Balaban J connectivity index is 2.11. The summed E-state index contributed by atoms with van der Waals surface area (Å²) in [5, 5.41) is 11.6. The van der Waals surface area contributed by atoms with Gasteiger partial charge in [0.25, 0.3) is 5.56 Å². The van der Waals surface area contributed by atoms with Gasteiger partial charge >= 0.3 is 6.09 Å². The lowest BCUT2D eigenvalue weighted by atomic mass is 10.2. The Morgan fingerprint density at radius 3 is 2.81 bits per heavy atom. The van der Waals surface area contributed by atoms with Gasteiger partial charge in [-0.25, -0.2) is 14.8 Å². The maximum absolute atomic E-state index is 13.1. The molecule has 2 heterocycles. The molecule has 0 aliphatic carbocycles. The fraction of sp³-hybridized carbons (Fsp3) is 0.176. The van der Waals surface area contributed by atoms with E-state index in [1.807, 2.05) is 0 Å². The number of pyridine rings is 1. The van der Waals surface area contributed by atoms with E-state index in [1.165, 1.54) is 10.8 Å².